The second-order valence-corrected chi connectivity index (χ2v) is 6.12. The molecule has 3 nitrogen and oxygen atoms in total. The Bertz CT molecular complexity index is 478. The summed E-state index contributed by atoms with van der Waals surface area (Å²) in [6.45, 7) is 5.95. The number of amides is 1. The largest absolute Gasteiger partial charge is 0.352 e. The lowest BCUT2D eigenvalue weighted by atomic mass is 9.93. The highest BCUT2D eigenvalue weighted by atomic mass is 19.1. The minimum atomic E-state index is -0.185. The zero-order valence-corrected chi connectivity index (χ0v) is 12.9. The Labute approximate surface area is 126 Å². The predicted molar refractivity (Wildman–Crippen MR) is 82.5 cm³/mol. The van der Waals surface area contributed by atoms with Crippen LogP contribution in [0.25, 0.3) is 0 Å². The summed E-state index contributed by atoms with van der Waals surface area (Å²) in [5.74, 6) is 0.301. The second kappa shape index (κ2) is 7.55. The first-order valence-electron chi connectivity index (χ1n) is 7.82. The van der Waals surface area contributed by atoms with Gasteiger partial charge in [-0.2, -0.15) is 0 Å². The van der Waals surface area contributed by atoms with Gasteiger partial charge < -0.3 is 10.6 Å². The zero-order valence-electron chi connectivity index (χ0n) is 12.9. The van der Waals surface area contributed by atoms with Crippen LogP contribution in [0.1, 0.15) is 32.3 Å². The lowest BCUT2D eigenvalue weighted by Gasteiger charge is -2.31. The van der Waals surface area contributed by atoms with Gasteiger partial charge in [0.05, 0.1) is 0 Å². The van der Waals surface area contributed by atoms with Crippen LogP contribution in [0.4, 0.5) is 4.39 Å². The van der Waals surface area contributed by atoms with Crippen LogP contribution < -0.4 is 10.6 Å². The smallest absolute Gasteiger partial charge is 0.223 e. The Balaban J connectivity index is 1.81. The number of carbonyl (C=O) groups excluding carboxylic acids is 1. The third-order valence-corrected chi connectivity index (χ3v) is 4.41. The van der Waals surface area contributed by atoms with Crippen molar-refractivity contribution >= 4 is 5.91 Å². The molecule has 2 N–H and O–H groups in total. The molecule has 1 aliphatic heterocycles. The van der Waals surface area contributed by atoms with Gasteiger partial charge in [0.1, 0.15) is 5.82 Å². The zero-order chi connectivity index (χ0) is 15.2. The molecule has 0 aliphatic carbocycles. The van der Waals surface area contributed by atoms with Crippen molar-refractivity contribution in [2.24, 2.45) is 11.8 Å². The number of benzene rings is 1. The predicted octanol–water partition coefficient (Wildman–Crippen LogP) is 2.51. The molecule has 0 aromatic heterocycles. The molecular weight excluding hydrogens is 267 g/mol. The minimum absolute atomic E-state index is 0.0758. The van der Waals surface area contributed by atoms with Crippen LogP contribution in [0.3, 0.4) is 0 Å². The van der Waals surface area contributed by atoms with Crippen LogP contribution in [0.2, 0.25) is 0 Å². The minimum Gasteiger partial charge on any atom is -0.352 e. The van der Waals surface area contributed by atoms with Gasteiger partial charge in [0.25, 0.3) is 0 Å². The molecule has 1 saturated heterocycles. The Morgan fingerprint density at radius 2 is 2.24 bits per heavy atom. The van der Waals surface area contributed by atoms with E-state index in [-0.39, 0.29) is 23.7 Å². The van der Waals surface area contributed by atoms with Gasteiger partial charge in [-0.1, -0.05) is 32.0 Å². The summed E-state index contributed by atoms with van der Waals surface area (Å²) >= 11 is 0. The molecule has 3 atom stereocenters. The van der Waals surface area contributed by atoms with Gasteiger partial charge in [0.2, 0.25) is 5.91 Å². The van der Waals surface area contributed by atoms with Gasteiger partial charge in [0, 0.05) is 18.5 Å². The molecule has 0 radical (unpaired) electrons. The molecule has 1 aromatic rings. The van der Waals surface area contributed by atoms with E-state index >= 15 is 0 Å². The molecule has 116 valence electrons. The van der Waals surface area contributed by atoms with Gasteiger partial charge in [-0.25, -0.2) is 4.39 Å². The molecule has 1 amide bonds. The summed E-state index contributed by atoms with van der Waals surface area (Å²) in [6.07, 6.45) is 2.36. The number of halogens is 1. The highest BCUT2D eigenvalue weighted by molar-refractivity contribution is 5.78. The standard InChI is InChI=1S/C17H25FN2O/c1-12-9-10-19-11-16(12)20-17(21)13(2)7-8-14-5-3-4-6-15(14)18/h3-6,12-13,16,19H,7-11H2,1-2H3,(H,20,21). The number of hydrogen-bond acceptors (Lipinski definition) is 2. The fourth-order valence-corrected chi connectivity index (χ4v) is 2.71. The number of piperidine rings is 1. The molecule has 1 aliphatic rings. The fourth-order valence-electron chi connectivity index (χ4n) is 2.71. The molecule has 3 unspecified atom stereocenters. The average molecular weight is 292 g/mol. The van der Waals surface area contributed by atoms with Crippen molar-refractivity contribution in [1.29, 1.82) is 0 Å². The number of rotatable bonds is 5. The van der Waals surface area contributed by atoms with Crippen molar-refractivity contribution in [3.05, 3.63) is 35.6 Å². The third-order valence-electron chi connectivity index (χ3n) is 4.41. The van der Waals surface area contributed by atoms with Gasteiger partial charge in [-0.05, 0) is 43.4 Å². The van der Waals surface area contributed by atoms with E-state index in [9.17, 15) is 9.18 Å². The van der Waals surface area contributed by atoms with Crippen LogP contribution in [0.5, 0.6) is 0 Å². The number of carbonyl (C=O) groups is 1. The Hall–Kier alpha value is -1.42. The summed E-state index contributed by atoms with van der Waals surface area (Å²) in [6, 6.07) is 6.98. The molecule has 2 rings (SSSR count). The maximum absolute atomic E-state index is 13.6. The van der Waals surface area contributed by atoms with E-state index in [1.165, 1.54) is 6.07 Å². The Kier molecular flexibility index (Phi) is 5.74. The van der Waals surface area contributed by atoms with Crippen LogP contribution >= 0.6 is 0 Å². The van der Waals surface area contributed by atoms with Gasteiger partial charge in [-0.3, -0.25) is 4.79 Å². The van der Waals surface area contributed by atoms with Crippen LogP contribution in [0, 0.1) is 17.7 Å². The van der Waals surface area contributed by atoms with Gasteiger partial charge >= 0.3 is 0 Å². The third kappa shape index (κ3) is 4.53. The molecule has 21 heavy (non-hydrogen) atoms. The van der Waals surface area contributed by atoms with E-state index in [2.05, 4.69) is 17.6 Å². The first-order valence-corrected chi connectivity index (χ1v) is 7.82. The first kappa shape index (κ1) is 16.0. The fraction of sp³-hybridized carbons (Fsp3) is 0.588. The number of nitrogens with one attached hydrogen (secondary N) is 2. The highest BCUT2D eigenvalue weighted by Crippen LogP contribution is 2.15. The summed E-state index contributed by atoms with van der Waals surface area (Å²) in [4.78, 5) is 12.2. The molecule has 1 aromatic carbocycles. The maximum atomic E-state index is 13.6. The summed E-state index contributed by atoms with van der Waals surface area (Å²) in [5, 5.41) is 6.43. The Morgan fingerprint density at radius 3 is 2.95 bits per heavy atom. The van der Waals surface area contributed by atoms with Crippen molar-refractivity contribution in [3.63, 3.8) is 0 Å². The maximum Gasteiger partial charge on any atom is 0.223 e. The highest BCUT2D eigenvalue weighted by Gasteiger charge is 2.24. The lowest BCUT2D eigenvalue weighted by Crippen LogP contribution is -2.51. The average Bonchev–Trinajstić information content (AvgIpc) is 2.48. The lowest BCUT2D eigenvalue weighted by molar-refractivity contribution is -0.125. The quantitative estimate of drug-likeness (QED) is 0.875. The van der Waals surface area contributed by atoms with Gasteiger partial charge in [-0.15, -0.1) is 0 Å². The molecule has 0 bridgehead atoms. The summed E-state index contributed by atoms with van der Waals surface area (Å²) in [5.41, 5.74) is 0.685. The van der Waals surface area contributed by atoms with Crippen molar-refractivity contribution in [2.45, 2.75) is 39.2 Å². The molecule has 0 spiro atoms. The summed E-state index contributed by atoms with van der Waals surface area (Å²) < 4.78 is 13.6. The molecule has 4 heteroatoms. The van der Waals surface area contributed by atoms with E-state index in [0.29, 0.717) is 24.3 Å². The van der Waals surface area contributed by atoms with E-state index < -0.39 is 0 Å². The van der Waals surface area contributed by atoms with Gasteiger partial charge in [0.15, 0.2) is 0 Å². The molecule has 0 saturated carbocycles. The number of aryl methyl sites for hydroxylation is 1. The van der Waals surface area contributed by atoms with Crippen molar-refractivity contribution in [1.82, 2.24) is 10.6 Å². The molecular formula is C17H25FN2O. The summed E-state index contributed by atoms with van der Waals surface area (Å²) in [7, 11) is 0. The van der Waals surface area contributed by atoms with E-state index in [0.717, 1.165) is 19.5 Å². The first-order chi connectivity index (χ1) is 10.1. The van der Waals surface area contributed by atoms with E-state index in [4.69, 9.17) is 0 Å². The van der Waals surface area contributed by atoms with Crippen molar-refractivity contribution < 1.29 is 9.18 Å². The van der Waals surface area contributed by atoms with Crippen molar-refractivity contribution in [2.75, 3.05) is 13.1 Å². The van der Waals surface area contributed by atoms with Crippen LogP contribution in [0.15, 0.2) is 24.3 Å². The van der Waals surface area contributed by atoms with Crippen LogP contribution in [-0.4, -0.2) is 25.0 Å². The molecule has 1 fully saturated rings. The SMILES string of the molecule is CC(CCc1ccccc1F)C(=O)NC1CNCCC1C. The van der Waals surface area contributed by atoms with E-state index in [1.807, 2.05) is 13.0 Å². The molecule has 1 heterocycles. The van der Waals surface area contributed by atoms with E-state index in [1.54, 1.807) is 12.1 Å². The number of hydrogen-bond donors (Lipinski definition) is 2. The normalized spacial score (nSPS) is 23.6. The Morgan fingerprint density at radius 1 is 1.48 bits per heavy atom. The topological polar surface area (TPSA) is 41.1 Å². The van der Waals surface area contributed by atoms with Crippen molar-refractivity contribution in [3.8, 4) is 0 Å². The van der Waals surface area contributed by atoms with Crippen LogP contribution in [-0.2, 0) is 11.2 Å². The second-order valence-electron chi connectivity index (χ2n) is 6.12. The monoisotopic (exact) mass is 292 g/mol.